The van der Waals surface area contributed by atoms with Gasteiger partial charge in [-0.05, 0) is 99.6 Å². The molecule has 4 nitrogen and oxygen atoms in total. The van der Waals surface area contributed by atoms with Crippen LogP contribution in [0.25, 0.3) is 72.7 Å². The molecule has 8 aromatic rings. The molecule has 0 N–H and O–H groups in total. The minimum atomic E-state index is -2.16. The third-order valence-electron chi connectivity index (χ3n) is 12.1. The average molecular weight is 731 g/mol. The number of benzene rings is 6. The lowest BCUT2D eigenvalue weighted by atomic mass is 9.80. The molecule has 0 fully saturated rings. The molecule has 3 aliphatic rings. The lowest BCUT2D eigenvalue weighted by Gasteiger charge is -2.32. The third kappa shape index (κ3) is 4.47. The molecule has 0 bridgehead atoms. The third-order valence-corrected chi connectivity index (χ3v) is 12.1. The lowest BCUT2D eigenvalue weighted by molar-refractivity contribution is -0.997. The van der Waals surface area contributed by atoms with E-state index in [1.165, 1.54) is 33.4 Å². The van der Waals surface area contributed by atoms with Crippen molar-refractivity contribution in [2.24, 2.45) is 0 Å². The van der Waals surface area contributed by atoms with Gasteiger partial charge in [0.2, 0.25) is 5.69 Å². The van der Waals surface area contributed by atoms with Crippen molar-refractivity contribution in [2.75, 3.05) is 0 Å². The Kier molecular flexibility index (Phi) is 5.99. The van der Waals surface area contributed by atoms with Gasteiger partial charge in [0.05, 0.1) is 5.56 Å². The summed E-state index contributed by atoms with van der Waals surface area (Å²) >= 11 is 0. The maximum atomic E-state index is 7.95. The normalized spacial score (nSPS) is 17.0. The van der Waals surface area contributed by atoms with E-state index in [4.69, 9.17) is 8.85 Å². The van der Waals surface area contributed by atoms with E-state index in [0.29, 0.717) is 5.56 Å². The van der Waals surface area contributed by atoms with Gasteiger partial charge in [0, 0.05) is 27.4 Å². The Morgan fingerprint density at radius 3 is 2.05 bits per heavy atom. The van der Waals surface area contributed by atoms with Crippen molar-refractivity contribution in [3.05, 3.63) is 168 Å². The summed E-state index contributed by atoms with van der Waals surface area (Å²) in [6, 6.07) is 49.4. The van der Waals surface area contributed by atoms with E-state index in [-0.39, 0.29) is 10.8 Å². The molecule has 4 heteroatoms. The fourth-order valence-corrected chi connectivity index (χ4v) is 9.29. The molecule has 11 rings (SSSR count). The maximum Gasteiger partial charge on any atom is 0.499 e. The predicted molar refractivity (Wildman–Crippen MR) is 226 cm³/mol. The second-order valence-corrected chi connectivity index (χ2v) is 17.7. The SMILES string of the molecule is [2H]C([2H])([2H])c1ccc(-c2cc[n+]3c(c2)-c2cc(C(C)(C)C)cc4c2C32Oc3ccccc3-c3n(-c5cc(-c6ccccc6)cc(C(C)(C)C)c5)c5cccc-4c5[n+]32)cc1. The lowest BCUT2D eigenvalue weighted by Crippen LogP contribution is -2.78. The highest BCUT2D eigenvalue weighted by Gasteiger charge is 2.68. The molecule has 2 aromatic heterocycles. The molecule has 3 aliphatic heterocycles. The molecule has 1 unspecified atom stereocenters. The molecule has 1 atom stereocenters. The summed E-state index contributed by atoms with van der Waals surface area (Å²) in [4.78, 5) is 0. The Morgan fingerprint density at radius 1 is 0.589 bits per heavy atom. The second-order valence-electron chi connectivity index (χ2n) is 17.7. The molecule has 56 heavy (non-hydrogen) atoms. The van der Waals surface area contributed by atoms with Crippen molar-refractivity contribution < 1.29 is 18.0 Å². The van der Waals surface area contributed by atoms with Crippen molar-refractivity contribution >= 4 is 11.0 Å². The van der Waals surface area contributed by atoms with Crippen LogP contribution in [0.4, 0.5) is 0 Å². The predicted octanol–water partition coefficient (Wildman–Crippen LogP) is 11.7. The van der Waals surface area contributed by atoms with Crippen LogP contribution in [-0.2, 0) is 16.7 Å². The number of rotatable bonds is 3. The molecule has 5 heterocycles. The van der Waals surface area contributed by atoms with E-state index >= 15 is 0 Å². The van der Waals surface area contributed by atoms with Crippen molar-refractivity contribution in [1.29, 1.82) is 0 Å². The van der Waals surface area contributed by atoms with Gasteiger partial charge in [-0.25, -0.2) is 0 Å². The van der Waals surface area contributed by atoms with E-state index in [1.54, 1.807) is 12.1 Å². The first-order valence-corrected chi connectivity index (χ1v) is 19.6. The number of aryl methyl sites for hydroxylation is 1. The molecule has 272 valence electrons. The van der Waals surface area contributed by atoms with Gasteiger partial charge in [0.25, 0.3) is 0 Å². The molecule has 0 radical (unpaired) electrons. The minimum Gasteiger partial charge on any atom is -0.392 e. The van der Waals surface area contributed by atoms with Crippen LogP contribution in [0.1, 0.15) is 67.9 Å². The molecular weight excluding hydrogens is 683 g/mol. The molecule has 0 aliphatic carbocycles. The number of pyridine rings is 1. The molecule has 0 saturated heterocycles. The zero-order chi connectivity index (χ0) is 40.8. The topological polar surface area (TPSA) is 21.9 Å². The molecule has 0 saturated carbocycles. The van der Waals surface area contributed by atoms with Gasteiger partial charge < -0.3 is 4.74 Å². The van der Waals surface area contributed by atoms with Crippen LogP contribution in [-0.4, -0.2) is 4.57 Å². The van der Waals surface area contributed by atoms with Crippen molar-refractivity contribution in [3.8, 4) is 67.5 Å². The minimum absolute atomic E-state index is 0.101. The number of hydrogen-bond acceptors (Lipinski definition) is 1. The summed E-state index contributed by atoms with van der Waals surface area (Å²) < 4.78 is 38.7. The number of ether oxygens (including phenoxy) is 1. The van der Waals surface area contributed by atoms with Crippen LogP contribution in [0.2, 0.25) is 0 Å². The van der Waals surface area contributed by atoms with Crippen LogP contribution in [0.15, 0.2) is 146 Å². The smallest absolute Gasteiger partial charge is 0.392 e. The van der Waals surface area contributed by atoms with E-state index in [9.17, 15) is 0 Å². The first kappa shape index (κ1) is 30.0. The molecule has 0 amide bonds. The summed E-state index contributed by atoms with van der Waals surface area (Å²) in [5.74, 6) is 0.795. The van der Waals surface area contributed by atoms with Crippen molar-refractivity contribution in [3.63, 3.8) is 0 Å². The second kappa shape index (κ2) is 11.2. The Labute approximate surface area is 333 Å². The average Bonchev–Trinajstić information content (AvgIpc) is 3.71. The van der Waals surface area contributed by atoms with Gasteiger partial charge in [-0.3, -0.25) is 0 Å². The van der Waals surface area contributed by atoms with Crippen molar-refractivity contribution in [1.82, 2.24) is 4.57 Å². The Bertz CT molecular complexity index is 3070. The Hall–Kier alpha value is -6.26. The monoisotopic (exact) mass is 730 g/mol. The molecule has 6 aromatic carbocycles. The summed E-state index contributed by atoms with van der Waals surface area (Å²) in [5, 5.41) is 0. The Balaban J connectivity index is 1.27. The van der Waals surface area contributed by atoms with Crippen LogP contribution in [0.5, 0.6) is 5.75 Å². The first-order chi connectivity index (χ1) is 28.1. The van der Waals surface area contributed by atoms with Crippen LogP contribution < -0.4 is 13.9 Å². The maximum absolute atomic E-state index is 7.95. The Morgan fingerprint density at radius 2 is 1.29 bits per heavy atom. The number of fused-ring (bicyclic) bond motifs is 5. The number of hydrogen-bond donors (Lipinski definition) is 0. The fourth-order valence-electron chi connectivity index (χ4n) is 9.29. The summed E-state index contributed by atoms with van der Waals surface area (Å²) in [7, 11) is 0. The van der Waals surface area contributed by atoms with E-state index in [0.717, 1.165) is 61.8 Å². The summed E-state index contributed by atoms with van der Waals surface area (Å²) in [6.07, 6.45) is 2.17. The number of nitrogens with zero attached hydrogens (tertiary/aromatic N) is 3. The number of aromatic nitrogens is 3. The van der Waals surface area contributed by atoms with Gasteiger partial charge in [0.15, 0.2) is 17.2 Å². The molecular formula is C52H45N3O+2. The van der Waals surface area contributed by atoms with Gasteiger partial charge in [-0.1, -0.05) is 126 Å². The summed E-state index contributed by atoms with van der Waals surface area (Å²) in [6.45, 7) is 11.5. The largest absolute Gasteiger partial charge is 0.499 e. The standard InChI is InChI=1S/C52H45N3O/c1-32-20-22-34(23-21-32)35-24-25-53-45(28-35)43-31-38(51(5,6)7)30-42-40-17-13-18-44-48(40)55-49(41-16-11-12-19-46(41)56-52(53,55)47(42)43)54(44)39-27-36(33-14-9-8-10-15-33)26-37(29-39)50(2,3)4/h8-31H,1-7H3/q+2/i1D3. The van der Waals surface area contributed by atoms with E-state index in [1.807, 2.05) is 12.1 Å². The van der Waals surface area contributed by atoms with Gasteiger partial charge in [-0.15, -0.1) is 9.13 Å². The number of imidazole rings is 1. The van der Waals surface area contributed by atoms with Crippen LogP contribution in [0.3, 0.4) is 0 Å². The molecule has 1 spiro atoms. The van der Waals surface area contributed by atoms with Crippen molar-refractivity contribution in [2.45, 2.75) is 65.1 Å². The van der Waals surface area contributed by atoms with Crippen LogP contribution >= 0.6 is 0 Å². The van der Waals surface area contributed by atoms with Gasteiger partial charge >= 0.3 is 11.7 Å². The highest BCUT2D eigenvalue weighted by Crippen LogP contribution is 2.54. The van der Waals surface area contributed by atoms with E-state index < -0.39 is 12.7 Å². The van der Waals surface area contributed by atoms with Crippen LogP contribution in [0, 0.1) is 6.85 Å². The zero-order valence-corrected chi connectivity index (χ0v) is 32.6. The quantitative estimate of drug-likeness (QED) is 0.166. The summed E-state index contributed by atoms with van der Waals surface area (Å²) in [5.41, 5.74) is 16.9. The van der Waals surface area contributed by atoms with Gasteiger partial charge in [-0.2, -0.15) is 4.57 Å². The fraction of sp³-hybridized carbons (Fsp3) is 0.192. The zero-order valence-electron chi connectivity index (χ0n) is 35.6. The highest BCUT2D eigenvalue weighted by molar-refractivity contribution is 5.98. The van der Waals surface area contributed by atoms with E-state index in [2.05, 4.69) is 177 Å². The van der Waals surface area contributed by atoms with Gasteiger partial charge in [0.1, 0.15) is 22.6 Å². The highest BCUT2D eigenvalue weighted by atomic mass is 16.5. The number of para-hydroxylation sites is 2. The first-order valence-electron chi connectivity index (χ1n) is 21.1.